The third-order valence-electron chi connectivity index (χ3n) is 3.66. The number of aromatic nitrogens is 2. The molecule has 1 heterocycles. The summed E-state index contributed by atoms with van der Waals surface area (Å²) >= 11 is 0. The first kappa shape index (κ1) is 14.9. The summed E-state index contributed by atoms with van der Waals surface area (Å²) in [6.45, 7) is 1.86. The normalized spacial score (nSPS) is 16.4. The molecule has 1 aliphatic carbocycles. The smallest absolute Gasteiger partial charge is 0.241 e. The van der Waals surface area contributed by atoms with Crippen molar-refractivity contribution < 1.29 is 8.42 Å². The summed E-state index contributed by atoms with van der Waals surface area (Å²) in [5, 5.41) is 0. The second-order valence-corrected chi connectivity index (χ2v) is 7.28. The van der Waals surface area contributed by atoms with Crippen molar-refractivity contribution in [3.05, 3.63) is 48.0 Å². The van der Waals surface area contributed by atoms with Gasteiger partial charge >= 0.3 is 0 Å². The molecule has 22 heavy (non-hydrogen) atoms. The molecule has 116 valence electrons. The highest BCUT2D eigenvalue weighted by Gasteiger charge is 2.37. The number of nitrogens with two attached hydrogens (primary N) is 1. The Morgan fingerprint density at radius 2 is 1.91 bits per heavy atom. The number of hydrogen-bond acceptors (Lipinski definition) is 5. The van der Waals surface area contributed by atoms with Gasteiger partial charge in [-0.05, 0) is 56.0 Å². The predicted molar refractivity (Wildman–Crippen MR) is 83.4 cm³/mol. The summed E-state index contributed by atoms with van der Waals surface area (Å²) < 4.78 is 27.8. The van der Waals surface area contributed by atoms with Gasteiger partial charge in [0.15, 0.2) is 0 Å². The van der Waals surface area contributed by atoms with Crippen LogP contribution < -0.4 is 10.5 Å². The lowest BCUT2D eigenvalue weighted by atomic mass is 10.2. The average Bonchev–Trinajstić information content (AvgIpc) is 3.30. The highest BCUT2D eigenvalue weighted by molar-refractivity contribution is 7.89. The van der Waals surface area contributed by atoms with Gasteiger partial charge in [-0.3, -0.25) is 0 Å². The maximum Gasteiger partial charge on any atom is 0.241 e. The first-order valence-corrected chi connectivity index (χ1v) is 8.61. The van der Waals surface area contributed by atoms with Crippen molar-refractivity contribution in [3.63, 3.8) is 0 Å². The van der Waals surface area contributed by atoms with Crippen LogP contribution in [0.25, 0.3) is 0 Å². The molecule has 0 saturated heterocycles. The lowest BCUT2D eigenvalue weighted by molar-refractivity contribution is 0.510. The molecule has 1 fully saturated rings. The molecule has 3 rings (SSSR count). The Bertz CT molecular complexity index is 770. The summed E-state index contributed by atoms with van der Waals surface area (Å²) in [5.74, 6) is 0.784. The Balaban J connectivity index is 1.89. The fourth-order valence-corrected chi connectivity index (χ4v) is 3.55. The number of nitrogens with one attached hydrogen (secondary N) is 1. The molecule has 2 aromatic rings. The van der Waals surface area contributed by atoms with E-state index in [1.165, 1.54) is 12.1 Å². The van der Waals surface area contributed by atoms with Crippen LogP contribution in [0.4, 0.5) is 5.69 Å². The minimum absolute atomic E-state index is 0.194. The van der Waals surface area contributed by atoms with E-state index in [4.69, 9.17) is 5.73 Å². The van der Waals surface area contributed by atoms with Gasteiger partial charge in [-0.25, -0.2) is 23.1 Å². The fourth-order valence-electron chi connectivity index (χ4n) is 2.29. The van der Waals surface area contributed by atoms with Crippen LogP contribution in [-0.2, 0) is 10.0 Å². The van der Waals surface area contributed by atoms with Crippen LogP contribution in [0, 0.1) is 12.8 Å². The third kappa shape index (κ3) is 3.26. The second kappa shape index (κ2) is 5.66. The van der Waals surface area contributed by atoms with Crippen LogP contribution in [0.3, 0.4) is 0 Å². The van der Waals surface area contributed by atoms with Crippen molar-refractivity contribution in [2.75, 3.05) is 5.73 Å². The third-order valence-corrected chi connectivity index (χ3v) is 5.11. The summed E-state index contributed by atoms with van der Waals surface area (Å²) in [5.41, 5.74) is 6.95. The largest absolute Gasteiger partial charge is 0.399 e. The van der Waals surface area contributed by atoms with E-state index in [9.17, 15) is 8.42 Å². The van der Waals surface area contributed by atoms with Gasteiger partial charge < -0.3 is 5.73 Å². The number of hydrogen-bond donors (Lipinski definition) is 2. The quantitative estimate of drug-likeness (QED) is 0.819. The molecule has 1 aromatic carbocycles. The summed E-state index contributed by atoms with van der Waals surface area (Å²) in [6.07, 6.45) is 3.61. The molecule has 6 nitrogen and oxygen atoms in total. The molecule has 1 saturated carbocycles. The Morgan fingerprint density at radius 1 is 1.23 bits per heavy atom. The molecule has 0 amide bonds. The maximum atomic E-state index is 12.5. The van der Waals surface area contributed by atoms with Crippen LogP contribution in [0.2, 0.25) is 0 Å². The van der Waals surface area contributed by atoms with Crippen molar-refractivity contribution in [1.29, 1.82) is 0 Å². The van der Waals surface area contributed by atoms with Gasteiger partial charge in [-0.1, -0.05) is 0 Å². The van der Waals surface area contributed by atoms with Gasteiger partial charge in [-0.15, -0.1) is 0 Å². The molecular weight excluding hydrogens is 300 g/mol. The topological polar surface area (TPSA) is 98.0 Å². The van der Waals surface area contributed by atoms with Gasteiger partial charge in [0.05, 0.1) is 10.9 Å². The van der Waals surface area contributed by atoms with E-state index in [0.29, 0.717) is 11.5 Å². The van der Waals surface area contributed by atoms with Crippen LogP contribution in [0.15, 0.2) is 41.4 Å². The van der Waals surface area contributed by atoms with E-state index in [1.807, 2.05) is 6.92 Å². The average molecular weight is 318 g/mol. The lowest BCUT2D eigenvalue weighted by Crippen LogP contribution is -2.31. The van der Waals surface area contributed by atoms with Gasteiger partial charge in [0.2, 0.25) is 10.0 Å². The number of nitrogens with zero attached hydrogens (tertiary/aromatic N) is 2. The first-order valence-electron chi connectivity index (χ1n) is 7.13. The number of anilines is 1. The molecule has 0 radical (unpaired) electrons. The van der Waals surface area contributed by atoms with E-state index < -0.39 is 10.0 Å². The molecule has 0 spiro atoms. The van der Waals surface area contributed by atoms with Crippen molar-refractivity contribution in [1.82, 2.24) is 14.7 Å². The lowest BCUT2D eigenvalue weighted by Gasteiger charge is -2.17. The highest BCUT2D eigenvalue weighted by atomic mass is 32.2. The number of aryl methyl sites for hydroxylation is 1. The molecule has 1 atom stereocenters. The van der Waals surface area contributed by atoms with Crippen LogP contribution in [-0.4, -0.2) is 18.4 Å². The molecule has 1 aliphatic rings. The van der Waals surface area contributed by atoms with Gasteiger partial charge in [-0.2, -0.15) is 0 Å². The molecule has 7 heteroatoms. The van der Waals surface area contributed by atoms with E-state index in [0.717, 1.165) is 18.5 Å². The monoisotopic (exact) mass is 318 g/mol. The van der Waals surface area contributed by atoms with E-state index in [1.54, 1.807) is 24.4 Å². The van der Waals surface area contributed by atoms with Crippen molar-refractivity contribution in [3.8, 4) is 0 Å². The van der Waals surface area contributed by atoms with E-state index in [-0.39, 0.29) is 16.9 Å². The maximum absolute atomic E-state index is 12.5. The Morgan fingerprint density at radius 3 is 2.50 bits per heavy atom. The van der Waals surface area contributed by atoms with E-state index in [2.05, 4.69) is 14.7 Å². The molecule has 1 aromatic heterocycles. The number of rotatable bonds is 5. The zero-order chi connectivity index (χ0) is 15.7. The van der Waals surface area contributed by atoms with Crippen LogP contribution >= 0.6 is 0 Å². The minimum atomic E-state index is -3.63. The molecule has 1 unspecified atom stereocenters. The second-order valence-electron chi connectivity index (χ2n) is 5.56. The molecule has 0 aliphatic heterocycles. The zero-order valence-corrected chi connectivity index (χ0v) is 13.0. The summed E-state index contributed by atoms with van der Waals surface area (Å²) in [4.78, 5) is 8.80. The minimum Gasteiger partial charge on any atom is -0.399 e. The van der Waals surface area contributed by atoms with Crippen LogP contribution in [0.1, 0.15) is 30.4 Å². The van der Waals surface area contributed by atoms with E-state index >= 15 is 0 Å². The number of nitrogen functional groups attached to an aromatic ring is 1. The summed E-state index contributed by atoms with van der Waals surface area (Å²) in [7, 11) is -3.63. The highest BCUT2D eigenvalue weighted by Crippen LogP contribution is 2.40. The van der Waals surface area contributed by atoms with Gasteiger partial charge in [0.25, 0.3) is 0 Å². The number of benzene rings is 1. The number of sulfonamides is 1. The fraction of sp³-hybridized carbons (Fsp3) is 0.333. The van der Waals surface area contributed by atoms with Crippen LogP contribution in [0.5, 0.6) is 0 Å². The standard InChI is InChI=1S/C15H18N4O2S/c1-10-8-9-17-15(18-10)14(11-2-3-11)19-22(20,21)13-6-4-12(16)5-7-13/h4-9,11,14,19H,2-3,16H2,1H3. The molecule has 3 N–H and O–H groups in total. The van der Waals surface area contributed by atoms with Crippen molar-refractivity contribution in [2.45, 2.75) is 30.7 Å². The SMILES string of the molecule is Cc1ccnc(C(NS(=O)(=O)c2ccc(N)cc2)C2CC2)n1. The Kier molecular flexibility index (Phi) is 3.84. The Hall–Kier alpha value is -1.99. The van der Waals surface area contributed by atoms with Crippen molar-refractivity contribution >= 4 is 15.7 Å². The van der Waals surface area contributed by atoms with Crippen molar-refractivity contribution in [2.24, 2.45) is 5.92 Å². The first-order chi connectivity index (χ1) is 10.5. The predicted octanol–water partition coefficient (Wildman–Crippen LogP) is 1.80. The van der Waals surface area contributed by atoms with Gasteiger partial charge in [0, 0.05) is 17.6 Å². The van der Waals surface area contributed by atoms with Gasteiger partial charge in [0.1, 0.15) is 5.82 Å². The molecule has 0 bridgehead atoms. The zero-order valence-electron chi connectivity index (χ0n) is 12.2. The summed E-state index contributed by atoms with van der Waals surface area (Å²) in [6, 6.07) is 7.55. The Labute approximate surface area is 129 Å². The molecular formula is C15H18N4O2S.